The van der Waals surface area contributed by atoms with Crippen molar-refractivity contribution in [3.05, 3.63) is 163 Å². The molecule has 0 N–H and O–H groups in total. The van der Waals surface area contributed by atoms with Crippen molar-refractivity contribution in [3.8, 4) is 34.2 Å². The minimum Gasteiger partial charge on any atom is -0.294 e. The fraction of sp³-hybridized carbons (Fsp3) is 0. The Morgan fingerprint density at radius 1 is 0.435 bits per heavy atom. The smallest absolute Gasteiger partial charge is 0.196 e. The molecule has 0 amide bonds. The third-order valence-corrected chi connectivity index (χ3v) is 8.76. The van der Waals surface area contributed by atoms with Gasteiger partial charge in [-0.1, -0.05) is 103 Å². The molecule has 4 heterocycles. The van der Waals surface area contributed by atoms with Crippen LogP contribution in [0.5, 0.6) is 0 Å². The fourth-order valence-corrected chi connectivity index (χ4v) is 6.75. The summed E-state index contributed by atoms with van der Waals surface area (Å²) in [6.07, 6.45) is 0. The second kappa shape index (κ2) is 10.3. The molecule has 4 aromatic heterocycles. The van der Waals surface area contributed by atoms with E-state index in [4.69, 9.17) is 16.5 Å². The van der Waals surface area contributed by atoms with E-state index in [1.165, 1.54) is 21.5 Å². The minimum atomic E-state index is 0.582. The van der Waals surface area contributed by atoms with E-state index in [9.17, 15) is 0 Å². The van der Waals surface area contributed by atoms with E-state index in [2.05, 4.69) is 123 Å². The van der Waals surface area contributed by atoms with E-state index in [1.807, 2.05) is 42.5 Å². The maximum atomic E-state index is 7.72. The van der Waals surface area contributed by atoms with Crippen LogP contribution in [-0.2, 0) is 0 Å². The van der Waals surface area contributed by atoms with Crippen LogP contribution in [0.4, 0.5) is 5.69 Å². The number of benzene rings is 5. The summed E-state index contributed by atoms with van der Waals surface area (Å²) >= 11 is 0. The van der Waals surface area contributed by atoms with Gasteiger partial charge in [0.1, 0.15) is 11.6 Å². The first kappa shape index (κ1) is 25.9. The van der Waals surface area contributed by atoms with Crippen molar-refractivity contribution in [3.63, 3.8) is 0 Å². The molecule has 5 nitrogen and oxygen atoms in total. The summed E-state index contributed by atoms with van der Waals surface area (Å²) in [5, 5.41) is 4.72. The average molecular weight is 588 g/mol. The SMILES string of the molecule is [C-]#[N+]c1ccccc1-c1cccc(-c2cc(-n3c4ccccc4c4ccccc43)nc(-n3c4ccccc4c4ccccc43)c2)n1. The van der Waals surface area contributed by atoms with Crippen molar-refractivity contribution in [1.82, 2.24) is 19.1 Å². The first-order valence-corrected chi connectivity index (χ1v) is 15.2. The van der Waals surface area contributed by atoms with Crippen molar-refractivity contribution >= 4 is 49.3 Å². The Balaban J connectivity index is 1.37. The van der Waals surface area contributed by atoms with Crippen LogP contribution in [0.25, 0.3) is 82.6 Å². The van der Waals surface area contributed by atoms with Gasteiger partial charge in [0.2, 0.25) is 0 Å². The standard InChI is InChI=1S/C41H25N5/c1-42-34-18-7-2-17-32(34)35-20-12-19-33(43-35)27-25-40(45-36-21-8-3-13-28(36)29-14-4-9-22-37(29)45)44-41(26-27)46-38-23-10-5-15-30(38)31-16-6-11-24-39(31)46/h2-26H. The van der Waals surface area contributed by atoms with Crippen LogP contribution in [-0.4, -0.2) is 19.1 Å². The lowest BCUT2D eigenvalue weighted by molar-refractivity contribution is 1.01. The van der Waals surface area contributed by atoms with E-state index in [0.717, 1.165) is 56.2 Å². The summed E-state index contributed by atoms with van der Waals surface area (Å²) < 4.78 is 4.51. The topological polar surface area (TPSA) is 40.0 Å². The quantitative estimate of drug-likeness (QED) is 0.192. The molecule has 0 aliphatic rings. The Hall–Kier alpha value is -6.51. The molecule has 0 atom stereocenters. The zero-order chi connectivity index (χ0) is 30.6. The highest BCUT2D eigenvalue weighted by Gasteiger charge is 2.19. The lowest BCUT2D eigenvalue weighted by Gasteiger charge is -2.15. The summed E-state index contributed by atoms with van der Waals surface area (Å²) in [5.74, 6) is 1.61. The summed E-state index contributed by atoms with van der Waals surface area (Å²) in [6.45, 7) is 7.72. The van der Waals surface area contributed by atoms with Crippen LogP contribution in [0, 0.1) is 6.57 Å². The van der Waals surface area contributed by atoms with Gasteiger partial charge in [-0.25, -0.2) is 14.8 Å². The van der Waals surface area contributed by atoms with Gasteiger partial charge in [0, 0.05) is 32.7 Å². The number of hydrogen-bond acceptors (Lipinski definition) is 2. The van der Waals surface area contributed by atoms with Gasteiger partial charge in [0.25, 0.3) is 0 Å². The minimum absolute atomic E-state index is 0.582. The molecule has 46 heavy (non-hydrogen) atoms. The molecule has 0 saturated heterocycles. The predicted octanol–water partition coefficient (Wildman–Crippen LogP) is 10.6. The van der Waals surface area contributed by atoms with E-state index in [-0.39, 0.29) is 0 Å². The Labute approximate surface area is 265 Å². The maximum absolute atomic E-state index is 7.72. The molecule has 9 aromatic rings. The van der Waals surface area contributed by atoms with Gasteiger partial charge in [0.15, 0.2) is 5.69 Å². The van der Waals surface area contributed by atoms with Crippen LogP contribution < -0.4 is 0 Å². The van der Waals surface area contributed by atoms with Gasteiger partial charge < -0.3 is 0 Å². The van der Waals surface area contributed by atoms with Gasteiger partial charge in [-0.2, -0.15) is 0 Å². The zero-order valence-electron chi connectivity index (χ0n) is 24.7. The number of hydrogen-bond donors (Lipinski definition) is 0. The molecule has 214 valence electrons. The van der Waals surface area contributed by atoms with E-state index in [1.54, 1.807) is 0 Å². The summed E-state index contributed by atoms with van der Waals surface area (Å²) in [5.41, 5.74) is 8.27. The molecule has 0 radical (unpaired) electrons. The molecule has 0 fully saturated rings. The molecule has 9 rings (SSSR count). The molecule has 5 heteroatoms. The Morgan fingerprint density at radius 2 is 0.870 bits per heavy atom. The van der Waals surface area contributed by atoms with Crippen molar-refractivity contribution in [2.24, 2.45) is 0 Å². The molecular formula is C41H25N5. The number of fused-ring (bicyclic) bond motifs is 6. The number of nitrogens with zero attached hydrogens (tertiary/aromatic N) is 5. The first-order chi connectivity index (χ1) is 22.8. The third-order valence-electron chi connectivity index (χ3n) is 8.76. The Bertz CT molecular complexity index is 2430. The highest BCUT2D eigenvalue weighted by atomic mass is 15.1. The second-order valence-electron chi connectivity index (χ2n) is 11.3. The van der Waals surface area contributed by atoms with Gasteiger partial charge in [-0.05, 0) is 48.5 Å². The highest BCUT2D eigenvalue weighted by Crippen LogP contribution is 2.37. The van der Waals surface area contributed by atoms with Gasteiger partial charge >= 0.3 is 0 Å². The second-order valence-corrected chi connectivity index (χ2v) is 11.3. The van der Waals surface area contributed by atoms with Crippen molar-refractivity contribution in [2.45, 2.75) is 0 Å². The van der Waals surface area contributed by atoms with E-state index in [0.29, 0.717) is 5.69 Å². The van der Waals surface area contributed by atoms with E-state index >= 15 is 0 Å². The fourth-order valence-electron chi connectivity index (χ4n) is 6.75. The Kier molecular flexibility index (Phi) is 5.81. The summed E-state index contributed by atoms with van der Waals surface area (Å²) in [4.78, 5) is 14.3. The number of para-hydroxylation sites is 5. The van der Waals surface area contributed by atoms with Crippen LogP contribution in [0.3, 0.4) is 0 Å². The third kappa shape index (κ3) is 3.94. The summed E-state index contributed by atoms with van der Waals surface area (Å²) in [7, 11) is 0. The lowest BCUT2D eigenvalue weighted by atomic mass is 10.1. The molecule has 0 spiro atoms. The molecule has 0 aliphatic carbocycles. The van der Waals surface area contributed by atoms with Crippen LogP contribution in [0.2, 0.25) is 0 Å². The molecule has 5 aromatic carbocycles. The summed E-state index contributed by atoms with van der Waals surface area (Å²) in [6, 6.07) is 51.9. The Morgan fingerprint density at radius 3 is 1.37 bits per heavy atom. The molecule has 0 saturated carbocycles. The van der Waals surface area contributed by atoms with Gasteiger partial charge in [-0.3, -0.25) is 9.13 Å². The largest absolute Gasteiger partial charge is 0.294 e. The normalized spacial score (nSPS) is 11.5. The number of pyridine rings is 2. The average Bonchev–Trinajstić information content (AvgIpc) is 3.65. The van der Waals surface area contributed by atoms with Crippen LogP contribution in [0.1, 0.15) is 0 Å². The first-order valence-electron chi connectivity index (χ1n) is 15.2. The molecular weight excluding hydrogens is 562 g/mol. The molecule has 0 unspecified atom stereocenters. The maximum Gasteiger partial charge on any atom is 0.196 e. The zero-order valence-corrected chi connectivity index (χ0v) is 24.7. The van der Waals surface area contributed by atoms with Crippen molar-refractivity contribution in [1.29, 1.82) is 0 Å². The number of aromatic nitrogens is 4. The molecule has 0 aliphatic heterocycles. The van der Waals surface area contributed by atoms with Gasteiger partial charge in [0.05, 0.1) is 40.0 Å². The van der Waals surface area contributed by atoms with E-state index < -0.39 is 0 Å². The lowest BCUT2D eigenvalue weighted by Crippen LogP contribution is -2.04. The van der Waals surface area contributed by atoms with Crippen LogP contribution >= 0.6 is 0 Å². The van der Waals surface area contributed by atoms with Crippen molar-refractivity contribution in [2.75, 3.05) is 0 Å². The molecule has 0 bridgehead atoms. The monoisotopic (exact) mass is 587 g/mol. The van der Waals surface area contributed by atoms with Crippen molar-refractivity contribution < 1.29 is 0 Å². The van der Waals surface area contributed by atoms with Crippen LogP contribution in [0.15, 0.2) is 152 Å². The number of rotatable bonds is 4. The predicted molar refractivity (Wildman–Crippen MR) is 188 cm³/mol. The van der Waals surface area contributed by atoms with Gasteiger partial charge in [-0.15, -0.1) is 0 Å². The highest BCUT2D eigenvalue weighted by molar-refractivity contribution is 6.10.